The van der Waals surface area contributed by atoms with Gasteiger partial charge >= 0.3 is 0 Å². The molecule has 0 saturated carbocycles. The minimum Gasteiger partial charge on any atom is -0.497 e. The molecule has 1 aliphatic rings. The molecule has 1 amide bonds. The lowest BCUT2D eigenvalue weighted by molar-refractivity contribution is -0.0177. The Balaban J connectivity index is 1.62. The number of carbonyl (C=O) groups is 1. The van der Waals surface area contributed by atoms with Gasteiger partial charge in [0.1, 0.15) is 11.5 Å². The third-order valence-corrected chi connectivity index (χ3v) is 9.86. The van der Waals surface area contributed by atoms with Gasteiger partial charge < -0.3 is 24.2 Å². The van der Waals surface area contributed by atoms with Gasteiger partial charge in [0.05, 0.1) is 42.4 Å². The summed E-state index contributed by atoms with van der Waals surface area (Å²) in [6.45, 7) is 7.84. The number of nitrogens with zero attached hydrogens (tertiary/aromatic N) is 2. The summed E-state index contributed by atoms with van der Waals surface area (Å²) in [5.41, 5.74) is 1.62. The number of methoxy groups -OCH3 is 1. The maximum absolute atomic E-state index is 14.4. The van der Waals surface area contributed by atoms with Crippen molar-refractivity contribution in [2.45, 2.75) is 69.7 Å². The first-order valence-corrected chi connectivity index (χ1v) is 17.7. The molecule has 0 aromatic heterocycles. The number of nitrogens with one attached hydrogen (secondary N) is 1. The number of carbonyl (C=O) groups excluding carboxylic acids is 1. The van der Waals surface area contributed by atoms with E-state index in [0.717, 1.165) is 37.1 Å². The smallest absolute Gasteiger partial charge is 0.261 e. The topological polar surface area (TPSA) is 118 Å². The van der Waals surface area contributed by atoms with E-state index in [1.807, 2.05) is 31.2 Å². The van der Waals surface area contributed by atoms with Crippen LogP contribution in [0.25, 0.3) is 0 Å². The number of ether oxygens (including phenoxy) is 3. The second kappa shape index (κ2) is 17.0. The van der Waals surface area contributed by atoms with E-state index in [0.29, 0.717) is 25.4 Å². The zero-order valence-electron chi connectivity index (χ0n) is 28.1. The molecular weight excluding hydrogens is 618 g/mol. The number of rotatable bonds is 10. The van der Waals surface area contributed by atoms with Crippen LogP contribution < -0.4 is 14.2 Å². The SMILES string of the molecule is COc1ccc(CN(C)C[C@@H]2OCCCC[C@H](C)Oc3ccc(NS(=O)(=O)c4ccccc4)cc3C(=O)N([C@@H](C)CO)C[C@@H]2C)cc1. The summed E-state index contributed by atoms with van der Waals surface area (Å²) in [7, 11) is -0.185. The van der Waals surface area contributed by atoms with Gasteiger partial charge in [0.15, 0.2) is 0 Å². The molecule has 4 rings (SSSR count). The fourth-order valence-electron chi connectivity index (χ4n) is 5.68. The minimum absolute atomic E-state index is 0.0859. The van der Waals surface area contributed by atoms with E-state index in [-0.39, 0.29) is 46.8 Å². The van der Waals surface area contributed by atoms with Gasteiger partial charge in [-0.3, -0.25) is 14.4 Å². The lowest BCUT2D eigenvalue weighted by Gasteiger charge is -2.36. The number of fused-ring (bicyclic) bond motifs is 1. The molecule has 4 atom stereocenters. The number of aliphatic hydroxyl groups excluding tert-OH is 1. The third-order valence-electron chi connectivity index (χ3n) is 8.46. The van der Waals surface area contributed by atoms with E-state index in [1.54, 1.807) is 49.3 Å². The van der Waals surface area contributed by atoms with Gasteiger partial charge in [-0.2, -0.15) is 0 Å². The standard InChI is InChI=1S/C36H49N3O7S/c1-26-22-39(27(2)25-40)36(41)33-21-30(37-47(42,43)32-12-7-6-8-13-32)16-19-34(33)46-28(3)11-9-10-20-45-35(26)24-38(4)23-29-14-17-31(44-5)18-15-29/h6-8,12-19,21,26-28,35,37,40H,9-11,20,22-25H2,1-5H3/t26-,27-,28-,35-/m0/s1. The zero-order valence-corrected chi connectivity index (χ0v) is 28.9. The number of aliphatic hydroxyl groups is 1. The van der Waals surface area contributed by atoms with Crippen molar-refractivity contribution >= 4 is 21.6 Å². The highest BCUT2D eigenvalue weighted by atomic mass is 32.2. The van der Waals surface area contributed by atoms with Gasteiger partial charge in [0.2, 0.25) is 0 Å². The molecule has 11 heteroatoms. The van der Waals surface area contributed by atoms with E-state index in [4.69, 9.17) is 14.2 Å². The Kier molecular flexibility index (Phi) is 13.1. The summed E-state index contributed by atoms with van der Waals surface area (Å²) in [5.74, 6) is 0.738. The van der Waals surface area contributed by atoms with Crippen LogP contribution in [0, 0.1) is 5.92 Å². The molecule has 1 aliphatic heterocycles. The van der Waals surface area contributed by atoms with Crippen LogP contribution in [0.2, 0.25) is 0 Å². The van der Waals surface area contributed by atoms with Crippen LogP contribution in [-0.2, 0) is 21.3 Å². The fourth-order valence-corrected chi connectivity index (χ4v) is 6.75. The van der Waals surface area contributed by atoms with Crippen LogP contribution in [0.4, 0.5) is 5.69 Å². The summed E-state index contributed by atoms with van der Waals surface area (Å²) >= 11 is 0. The highest BCUT2D eigenvalue weighted by Crippen LogP contribution is 2.29. The van der Waals surface area contributed by atoms with E-state index >= 15 is 0 Å². The van der Waals surface area contributed by atoms with Gasteiger partial charge in [-0.1, -0.05) is 37.3 Å². The average Bonchev–Trinajstić information content (AvgIpc) is 3.06. The first-order valence-electron chi connectivity index (χ1n) is 16.2. The molecule has 3 aromatic carbocycles. The normalized spacial score (nSPS) is 20.5. The highest BCUT2D eigenvalue weighted by molar-refractivity contribution is 7.92. The highest BCUT2D eigenvalue weighted by Gasteiger charge is 2.30. The predicted octanol–water partition coefficient (Wildman–Crippen LogP) is 5.42. The van der Waals surface area contributed by atoms with Gasteiger partial charge in [-0.25, -0.2) is 8.42 Å². The molecule has 0 saturated heterocycles. The number of anilines is 1. The minimum atomic E-state index is -3.89. The second-order valence-electron chi connectivity index (χ2n) is 12.5. The molecule has 2 N–H and O–H groups in total. The fraction of sp³-hybridized carbons (Fsp3) is 0.472. The maximum atomic E-state index is 14.4. The second-order valence-corrected chi connectivity index (χ2v) is 14.2. The quantitative estimate of drug-likeness (QED) is 0.294. The van der Waals surface area contributed by atoms with Gasteiger partial charge in [0.25, 0.3) is 15.9 Å². The van der Waals surface area contributed by atoms with Crippen LogP contribution in [-0.4, -0.2) is 87.9 Å². The van der Waals surface area contributed by atoms with Crippen molar-refractivity contribution in [3.63, 3.8) is 0 Å². The Morgan fingerprint density at radius 2 is 1.79 bits per heavy atom. The molecule has 1 heterocycles. The molecule has 0 unspecified atom stereocenters. The summed E-state index contributed by atoms with van der Waals surface area (Å²) in [4.78, 5) is 18.3. The molecule has 3 aromatic rings. The number of hydrogen-bond acceptors (Lipinski definition) is 8. The molecule has 0 aliphatic carbocycles. The summed E-state index contributed by atoms with van der Waals surface area (Å²) in [6, 6.07) is 20.3. The summed E-state index contributed by atoms with van der Waals surface area (Å²) < 4.78 is 46.9. The van der Waals surface area contributed by atoms with E-state index in [9.17, 15) is 18.3 Å². The Morgan fingerprint density at radius 3 is 2.47 bits per heavy atom. The Morgan fingerprint density at radius 1 is 1.06 bits per heavy atom. The third kappa shape index (κ3) is 10.2. The Labute approximate surface area is 279 Å². The first kappa shape index (κ1) is 36.2. The van der Waals surface area contributed by atoms with Crippen molar-refractivity contribution in [1.82, 2.24) is 9.80 Å². The average molecular weight is 668 g/mol. The van der Waals surface area contributed by atoms with Crippen molar-refractivity contribution < 1.29 is 32.5 Å². The van der Waals surface area contributed by atoms with E-state index in [1.165, 1.54) is 18.2 Å². The summed E-state index contributed by atoms with van der Waals surface area (Å²) in [6.07, 6.45) is 2.14. The number of hydrogen-bond donors (Lipinski definition) is 2. The summed E-state index contributed by atoms with van der Waals surface area (Å²) in [5, 5.41) is 10.2. The first-order chi connectivity index (χ1) is 22.5. The molecule has 10 nitrogen and oxygen atoms in total. The monoisotopic (exact) mass is 667 g/mol. The van der Waals surface area contributed by atoms with Crippen LogP contribution in [0.1, 0.15) is 56.0 Å². The Hall–Kier alpha value is -3.64. The number of amides is 1. The number of sulfonamides is 1. The van der Waals surface area contributed by atoms with Crippen molar-refractivity contribution in [2.24, 2.45) is 5.92 Å². The Bertz CT molecular complexity index is 1540. The lowest BCUT2D eigenvalue weighted by Crippen LogP contribution is -2.47. The molecule has 0 spiro atoms. The zero-order chi connectivity index (χ0) is 34.0. The van der Waals surface area contributed by atoms with Gasteiger partial charge in [0, 0.05) is 37.8 Å². The molecule has 0 bridgehead atoms. The van der Waals surface area contributed by atoms with Crippen LogP contribution in [0.5, 0.6) is 11.5 Å². The predicted molar refractivity (Wildman–Crippen MR) is 183 cm³/mol. The molecular formula is C36H49N3O7S. The molecule has 256 valence electrons. The van der Waals surface area contributed by atoms with Crippen LogP contribution in [0.3, 0.4) is 0 Å². The number of benzene rings is 3. The largest absolute Gasteiger partial charge is 0.497 e. The van der Waals surface area contributed by atoms with E-state index in [2.05, 4.69) is 23.6 Å². The van der Waals surface area contributed by atoms with E-state index < -0.39 is 16.1 Å². The van der Waals surface area contributed by atoms with Crippen LogP contribution >= 0.6 is 0 Å². The van der Waals surface area contributed by atoms with Crippen molar-refractivity contribution in [3.8, 4) is 11.5 Å². The van der Waals surface area contributed by atoms with Crippen molar-refractivity contribution in [1.29, 1.82) is 0 Å². The molecule has 47 heavy (non-hydrogen) atoms. The van der Waals surface area contributed by atoms with Crippen molar-refractivity contribution in [2.75, 3.05) is 45.2 Å². The van der Waals surface area contributed by atoms with Gasteiger partial charge in [-0.05, 0) is 88.2 Å². The maximum Gasteiger partial charge on any atom is 0.261 e. The lowest BCUT2D eigenvalue weighted by atomic mass is 10.0. The van der Waals surface area contributed by atoms with Gasteiger partial charge in [-0.15, -0.1) is 0 Å². The van der Waals surface area contributed by atoms with Crippen LogP contribution in [0.15, 0.2) is 77.7 Å². The molecule has 0 fully saturated rings. The van der Waals surface area contributed by atoms with Crippen molar-refractivity contribution in [3.05, 3.63) is 83.9 Å². The molecule has 0 radical (unpaired) electrons. The number of likely N-dealkylation sites (N-methyl/N-ethyl adjacent to an activating group) is 1.